The lowest BCUT2D eigenvalue weighted by Gasteiger charge is -2.44. The molecule has 0 bridgehead atoms. The number of amides is 1. The van der Waals surface area contributed by atoms with Crippen molar-refractivity contribution in [2.45, 2.75) is 58.4 Å². The quantitative estimate of drug-likeness (QED) is 0.389. The van der Waals surface area contributed by atoms with Crippen molar-refractivity contribution in [3.05, 3.63) is 59.6 Å². The first-order valence-corrected chi connectivity index (χ1v) is 14.2. The molecular weight excluding hydrogens is 566 g/mol. The third-order valence-corrected chi connectivity index (χ3v) is 7.99. The second-order valence-electron chi connectivity index (χ2n) is 11.4. The zero-order valence-electron chi connectivity index (χ0n) is 24.7. The SMILES string of the molecule is C[C@@H]1CN(c2nccc(-c3cc(NC(=O)c4ncc(F)cc4C(F)F)c(N4C[C@@H](C)N(C)[C@@H](C)C4)cc3F)n2)C[C@H](C)O1. The molecule has 0 aliphatic carbocycles. The molecule has 1 N–H and O–H groups in total. The van der Waals surface area contributed by atoms with Crippen molar-refractivity contribution in [3.8, 4) is 11.3 Å². The minimum atomic E-state index is -3.13. The number of ether oxygens (including phenoxy) is 1. The molecule has 1 aromatic carbocycles. The summed E-state index contributed by atoms with van der Waals surface area (Å²) in [5, 5.41) is 2.66. The van der Waals surface area contributed by atoms with Crippen molar-refractivity contribution in [2.75, 3.05) is 48.3 Å². The third kappa shape index (κ3) is 6.57. The maximum atomic E-state index is 15.9. The van der Waals surface area contributed by atoms with Crippen molar-refractivity contribution in [3.63, 3.8) is 0 Å². The van der Waals surface area contributed by atoms with Crippen LogP contribution in [0.4, 0.5) is 34.9 Å². The van der Waals surface area contributed by atoms with Gasteiger partial charge in [-0.05, 0) is 59.0 Å². The van der Waals surface area contributed by atoms with Crippen LogP contribution in [0, 0.1) is 11.6 Å². The van der Waals surface area contributed by atoms with E-state index in [-0.39, 0.29) is 41.2 Å². The Balaban J connectivity index is 1.56. The van der Waals surface area contributed by atoms with Crippen LogP contribution in [0.1, 0.15) is 50.2 Å². The molecule has 2 fully saturated rings. The number of piperazine rings is 1. The topological polar surface area (TPSA) is 86.7 Å². The van der Waals surface area contributed by atoms with Crippen molar-refractivity contribution < 1.29 is 27.1 Å². The lowest BCUT2D eigenvalue weighted by molar-refractivity contribution is -0.00571. The number of carbonyl (C=O) groups excluding carboxylic acids is 1. The Hall–Kier alpha value is -3.84. The highest BCUT2D eigenvalue weighted by molar-refractivity contribution is 6.06. The summed E-state index contributed by atoms with van der Waals surface area (Å²) in [6, 6.07) is 5.14. The molecule has 4 atom stereocenters. The van der Waals surface area contributed by atoms with Crippen LogP contribution in [0.15, 0.2) is 36.7 Å². The highest BCUT2D eigenvalue weighted by Gasteiger charge is 2.30. The molecule has 0 spiro atoms. The molecule has 2 saturated heterocycles. The fraction of sp³-hybridized carbons (Fsp3) is 0.467. The molecule has 3 aromatic rings. The normalized spacial score (nSPS) is 23.1. The Morgan fingerprint density at radius 3 is 2.30 bits per heavy atom. The molecule has 0 radical (unpaired) electrons. The number of hydrogen-bond donors (Lipinski definition) is 1. The van der Waals surface area contributed by atoms with E-state index in [1.165, 1.54) is 18.3 Å². The fourth-order valence-corrected chi connectivity index (χ4v) is 5.71. The number of pyridine rings is 1. The summed E-state index contributed by atoms with van der Waals surface area (Å²) < 4.78 is 62.8. The largest absolute Gasteiger partial charge is 0.372 e. The number of rotatable bonds is 6. The summed E-state index contributed by atoms with van der Waals surface area (Å²) in [4.78, 5) is 32.1. The number of likely N-dealkylation sites (N-methyl/N-ethyl adjacent to an activating group) is 1. The second kappa shape index (κ2) is 12.4. The Bertz CT molecular complexity index is 1470. The van der Waals surface area contributed by atoms with Crippen LogP contribution in [0.3, 0.4) is 0 Å². The standard InChI is InChI=1S/C30H35F4N7O2/c1-16-12-40(13-17(2)39(16)5)26-10-23(32)21(24-6-7-35-30(38-24)41-14-18(3)43-19(4)15-41)9-25(26)37-29(42)27-22(28(33)34)8-20(31)11-36-27/h6-11,16-19,28H,12-15H2,1-5H3,(H,37,42)/t16-,17+,18-,19+. The Kier molecular flexibility index (Phi) is 8.84. The van der Waals surface area contributed by atoms with E-state index in [2.05, 4.69) is 25.2 Å². The fourth-order valence-electron chi connectivity index (χ4n) is 5.71. The number of benzene rings is 1. The summed E-state index contributed by atoms with van der Waals surface area (Å²) in [6.07, 6.45) is -0.968. The zero-order chi connectivity index (χ0) is 31.0. The van der Waals surface area contributed by atoms with Crippen LogP contribution < -0.4 is 15.1 Å². The summed E-state index contributed by atoms with van der Waals surface area (Å²) in [5.74, 6) is -2.12. The monoisotopic (exact) mass is 601 g/mol. The molecule has 4 heterocycles. The molecule has 13 heteroatoms. The third-order valence-electron chi connectivity index (χ3n) is 7.99. The van der Waals surface area contributed by atoms with Gasteiger partial charge in [0.15, 0.2) is 0 Å². The van der Waals surface area contributed by atoms with Gasteiger partial charge in [0.2, 0.25) is 5.95 Å². The molecule has 1 amide bonds. The highest BCUT2D eigenvalue weighted by atomic mass is 19.3. The summed E-state index contributed by atoms with van der Waals surface area (Å²) in [5.41, 5.74) is -0.512. The predicted molar refractivity (Wildman–Crippen MR) is 156 cm³/mol. The average Bonchev–Trinajstić information content (AvgIpc) is 2.95. The number of nitrogens with one attached hydrogen (secondary N) is 1. The van der Waals surface area contributed by atoms with Crippen molar-refractivity contribution in [1.82, 2.24) is 19.9 Å². The minimum Gasteiger partial charge on any atom is -0.372 e. The van der Waals surface area contributed by atoms with E-state index >= 15 is 4.39 Å². The van der Waals surface area contributed by atoms with Gasteiger partial charge in [0.25, 0.3) is 12.3 Å². The first-order valence-electron chi connectivity index (χ1n) is 14.2. The van der Waals surface area contributed by atoms with Gasteiger partial charge in [-0.3, -0.25) is 9.69 Å². The number of morpholine rings is 1. The number of hydrogen-bond acceptors (Lipinski definition) is 8. The van der Waals surface area contributed by atoms with Gasteiger partial charge in [-0.25, -0.2) is 32.5 Å². The summed E-state index contributed by atoms with van der Waals surface area (Å²) in [6.45, 7) is 10.2. The van der Waals surface area contributed by atoms with Gasteiger partial charge in [-0.2, -0.15) is 0 Å². The zero-order valence-corrected chi connectivity index (χ0v) is 24.7. The van der Waals surface area contributed by atoms with Crippen molar-refractivity contribution in [2.24, 2.45) is 0 Å². The average molecular weight is 602 g/mol. The number of nitrogens with zero attached hydrogens (tertiary/aromatic N) is 6. The van der Waals surface area contributed by atoms with Gasteiger partial charge < -0.3 is 19.9 Å². The Labute approximate surface area is 247 Å². The molecular formula is C30H35F4N7O2. The molecule has 0 saturated carbocycles. The number of anilines is 3. The summed E-state index contributed by atoms with van der Waals surface area (Å²) in [7, 11) is 2.01. The van der Waals surface area contributed by atoms with E-state index in [1.807, 2.05) is 44.5 Å². The van der Waals surface area contributed by atoms with E-state index in [0.717, 1.165) is 0 Å². The van der Waals surface area contributed by atoms with E-state index in [4.69, 9.17) is 4.74 Å². The van der Waals surface area contributed by atoms with E-state index in [0.29, 0.717) is 50.1 Å². The van der Waals surface area contributed by atoms with Gasteiger partial charge >= 0.3 is 0 Å². The van der Waals surface area contributed by atoms with Gasteiger partial charge in [-0.15, -0.1) is 0 Å². The Morgan fingerprint density at radius 1 is 0.977 bits per heavy atom. The van der Waals surface area contributed by atoms with Crippen LogP contribution >= 0.6 is 0 Å². The molecule has 43 heavy (non-hydrogen) atoms. The van der Waals surface area contributed by atoms with Crippen LogP contribution in [-0.4, -0.2) is 83.3 Å². The number of aromatic nitrogens is 3. The van der Waals surface area contributed by atoms with Crippen molar-refractivity contribution >= 4 is 23.2 Å². The summed E-state index contributed by atoms with van der Waals surface area (Å²) >= 11 is 0. The molecule has 2 aliphatic heterocycles. The van der Waals surface area contributed by atoms with E-state index in [1.54, 1.807) is 6.07 Å². The predicted octanol–water partition coefficient (Wildman–Crippen LogP) is 5.15. The van der Waals surface area contributed by atoms with Crippen LogP contribution in [0.25, 0.3) is 11.3 Å². The molecule has 2 aromatic heterocycles. The van der Waals surface area contributed by atoms with E-state index in [9.17, 15) is 18.0 Å². The smallest absolute Gasteiger partial charge is 0.274 e. The van der Waals surface area contributed by atoms with E-state index < -0.39 is 35.2 Å². The van der Waals surface area contributed by atoms with Crippen LogP contribution in [-0.2, 0) is 4.74 Å². The minimum absolute atomic E-state index is 0.0413. The highest BCUT2D eigenvalue weighted by Crippen LogP contribution is 2.36. The number of alkyl halides is 2. The number of carbonyl (C=O) groups is 1. The molecule has 230 valence electrons. The lowest BCUT2D eigenvalue weighted by atomic mass is 10.0. The van der Waals surface area contributed by atoms with Gasteiger partial charge in [0.1, 0.15) is 17.3 Å². The van der Waals surface area contributed by atoms with Crippen molar-refractivity contribution in [1.29, 1.82) is 0 Å². The second-order valence-corrected chi connectivity index (χ2v) is 11.4. The Morgan fingerprint density at radius 2 is 1.65 bits per heavy atom. The molecule has 0 unspecified atom stereocenters. The molecule has 5 rings (SSSR count). The van der Waals surface area contributed by atoms with Gasteiger partial charge in [0, 0.05) is 50.0 Å². The van der Waals surface area contributed by atoms with Gasteiger partial charge in [-0.1, -0.05) is 0 Å². The first-order chi connectivity index (χ1) is 20.4. The van der Waals surface area contributed by atoms with Gasteiger partial charge in [0.05, 0.1) is 41.0 Å². The molecule has 9 nitrogen and oxygen atoms in total. The maximum absolute atomic E-state index is 15.9. The lowest BCUT2D eigenvalue weighted by Crippen LogP contribution is -2.55. The maximum Gasteiger partial charge on any atom is 0.274 e. The first kappa shape index (κ1) is 30.6. The molecule has 2 aliphatic rings. The number of halogens is 4. The van der Waals surface area contributed by atoms with Crippen LogP contribution in [0.2, 0.25) is 0 Å². The van der Waals surface area contributed by atoms with Crippen LogP contribution in [0.5, 0.6) is 0 Å².